The van der Waals surface area contributed by atoms with Crippen LogP contribution in [0.5, 0.6) is 0 Å². The lowest BCUT2D eigenvalue weighted by Crippen LogP contribution is -2.65. The Kier molecular flexibility index (Phi) is 4.89. The Morgan fingerprint density at radius 2 is 1.96 bits per heavy atom. The van der Waals surface area contributed by atoms with Gasteiger partial charge >= 0.3 is 6.03 Å². The third-order valence-electron chi connectivity index (χ3n) is 4.49. The molecule has 1 aromatic carbocycles. The molecule has 0 radical (unpaired) electrons. The predicted molar refractivity (Wildman–Crippen MR) is 92.9 cm³/mol. The van der Waals surface area contributed by atoms with Gasteiger partial charge in [0.05, 0.1) is 13.2 Å². The van der Waals surface area contributed by atoms with Crippen LogP contribution in [-0.2, 0) is 16.1 Å². The van der Waals surface area contributed by atoms with Gasteiger partial charge in [-0.2, -0.15) is 0 Å². The molecule has 2 atom stereocenters. The van der Waals surface area contributed by atoms with E-state index in [4.69, 9.17) is 4.74 Å². The van der Waals surface area contributed by atoms with E-state index in [1.54, 1.807) is 14.2 Å². The van der Waals surface area contributed by atoms with Gasteiger partial charge in [-0.15, -0.1) is 0 Å². The monoisotopic (exact) mass is 345 g/mol. The molecular weight excluding hydrogens is 322 g/mol. The minimum Gasteiger partial charge on any atom is -0.383 e. The van der Waals surface area contributed by atoms with E-state index in [2.05, 4.69) is 15.6 Å². The number of imide groups is 1. The van der Waals surface area contributed by atoms with Crippen LogP contribution in [0.1, 0.15) is 11.1 Å². The number of nitrogens with one attached hydrogen (secondary N) is 2. The van der Waals surface area contributed by atoms with Gasteiger partial charge in [0.1, 0.15) is 6.17 Å². The molecule has 3 amide bonds. The van der Waals surface area contributed by atoms with E-state index in [9.17, 15) is 9.59 Å². The molecule has 25 heavy (non-hydrogen) atoms. The number of carbonyl (C=O) groups is 2. The summed E-state index contributed by atoms with van der Waals surface area (Å²) in [6.07, 6.45) is -0.435. The van der Waals surface area contributed by atoms with Crippen molar-refractivity contribution in [3.8, 4) is 0 Å². The number of hydrogen-bond acceptors (Lipinski definition) is 4. The fourth-order valence-corrected chi connectivity index (χ4v) is 3.01. The minimum absolute atomic E-state index is 0.322. The first-order valence-corrected chi connectivity index (χ1v) is 8.21. The van der Waals surface area contributed by atoms with Gasteiger partial charge in [0.2, 0.25) is 0 Å². The summed E-state index contributed by atoms with van der Waals surface area (Å²) >= 11 is 0. The molecule has 3 rings (SSSR count). The lowest BCUT2D eigenvalue weighted by atomic mass is 10.1. The highest BCUT2D eigenvalue weighted by atomic mass is 16.5. The number of ether oxygens (including phenoxy) is 1. The third kappa shape index (κ3) is 3.43. The van der Waals surface area contributed by atoms with E-state index >= 15 is 0 Å². The maximum absolute atomic E-state index is 12.3. The van der Waals surface area contributed by atoms with Crippen LogP contribution in [0.2, 0.25) is 0 Å². The highest BCUT2D eigenvalue weighted by molar-refractivity contribution is 6.04. The van der Waals surface area contributed by atoms with Crippen LogP contribution in [0.15, 0.2) is 29.3 Å². The van der Waals surface area contributed by atoms with Crippen LogP contribution in [0.4, 0.5) is 4.79 Å². The van der Waals surface area contributed by atoms with Crippen LogP contribution in [0.25, 0.3) is 0 Å². The Morgan fingerprint density at radius 3 is 2.64 bits per heavy atom. The molecular formula is C17H23N5O3. The number of carbonyl (C=O) groups excluding carboxylic acids is 2. The Bertz CT molecular complexity index is 688. The van der Waals surface area contributed by atoms with Crippen molar-refractivity contribution in [1.29, 1.82) is 0 Å². The van der Waals surface area contributed by atoms with Gasteiger partial charge < -0.3 is 19.9 Å². The molecule has 2 N–H and O–H groups in total. The van der Waals surface area contributed by atoms with Crippen LogP contribution in [0.3, 0.4) is 0 Å². The summed E-state index contributed by atoms with van der Waals surface area (Å²) in [4.78, 5) is 32.2. The normalized spacial score (nSPS) is 24.4. The van der Waals surface area contributed by atoms with E-state index in [1.165, 1.54) is 10.5 Å². The Morgan fingerprint density at radius 1 is 1.24 bits per heavy atom. The summed E-state index contributed by atoms with van der Waals surface area (Å²) in [7, 11) is 3.27. The molecule has 2 heterocycles. The SMILES string of the molecule is COCCN1C(=NCc2ccc(C)cc2)NC2C1C(=O)NC(=O)N2C. The molecule has 8 nitrogen and oxygen atoms in total. The summed E-state index contributed by atoms with van der Waals surface area (Å²) in [5, 5.41) is 5.59. The van der Waals surface area contributed by atoms with Crippen molar-refractivity contribution in [1.82, 2.24) is 20.4 Å². The second kappa shape index (κ2) is 7.10. The predicted octanol–water partition coefficient (Wildman–Crippen LogP) is 0.279. The van der Waals surface area contributed by atoms with Crippen molar-refractivity contribution in [3.63, 3.8) is 0 Å². The van der Waals surface area contributed by atoms with Crippen molar-refractivity contribution < 1.29 is 14.3 Å². The molecule has 0 aliphatic carbocycles. The summed E-state index contributed by atoms with van der Waals surface area (Å²) in [5.74, 6) is 0.279. The Labute approximate surface area is 146 Å². The summed E-state index contributed by atoms with van der Waals surface area (Å²) in [5.41, 5.74) is 2.27. The van der Waals surface area contributed by atoms with E-state index < -0.39 is 18.2 Å². The Balaban J connectivity index is 1.83. The Hall–Kier alpha value is -2.61. The largest absolute Gasteiger partial charge is 0.383 e. The quantitative estimate of drug-likeness (QED) is 0.800. The molecule has 2 fully saturated rings. The number of hydrogen-bond donors (Lipinski definition) is 2. The molecule has 2 aliphatic rings. The maximum Gasteiger partial charge on any atom is 0.325 e. The van der Waals surface area contributed by atoms with Crippen molar-refractivity contribution in [2.75, 3.05) is 27.3 Å². The first-order chi connectivity index (χ1) is 12.0. The fraction of sp³-hybridized carbons (Fsp3) is 0.471. The number of fused-ring (bicyclic) bond motifs is 1. The van der Waals surface area contributed by atoms with Gasteiger partial charge in [-0.1, -0.05) is 29.8 Å². The number of aryl methyl sites for hydroxylation is 1. The molecule has 8 heteroatoms. The average molecular weight is 345 g/mol. The second-order valence-electron chi connectivity index (χ2n) is 6.25. The van der Waals surface area contributed by atoms with Crippen LogP contribution in [0, 0.1) is 6.92 Å². The topological polar surface area (TPSA) is 86.3 Å². The number of likely N-dealkylation sites (N-methyl/N-ethyl adjacent to an activating group) is 1. The zero-order valence-corrected chi connectivity index (χ0v) is 14.7. The van der Waals surface area contributed by atoms with E-state index in [-0.39, 0.29) is 5.91 Å². The highest BCUT2D eigenvalue weighted by Crippen LogP contribution is 2.20. The number of urea groups is 1. The summed E-state index contributed by atoms with van der Waals surface area (Å²) in [6.45, 7) is 3.49. The van der Waals surface area contributed by atoms with Crippen LogP contribution >= 0.6 is 0 Å². The van der Waals surface area contributed by atoms with Crippen molar-refractivity contribution >= 4 is 17.9 Å². The minimum atomic E-state index is -0.519. The van der Waals surface area contributed by atoms with Gasteiger partial charge in [0.15, 0.2) is 12.0 Å². The number of aliphatic imine (C=N–C) groups is 1. The maximum atomic E-state index is 12.3. The van der Waals surface area contributed by atoms with Crippen molar-refractivity contribution in [2.24, 2.45) is 4.99 Å². The molecule has 1 aromatic rings. The third-order valence-corrected chi connectivity index (χ3v) is 4.49. The first kappa shape index (κ1) is 17.2. The van der Waals surface area contributed by atoms with Gasteiger partial charge in [0.25, 0.3) is 5.91 Å². The zero-order chi connectivity index (χ0) is 18.0. The van der Waals surface area contributed by atoms with Crippen LogP contribution in [-0.4, -0.2) is 67.2 Å². The van der Waals surface area contributed by atoms with Gasteiger partial charge in [-0.3, -0.25) is 10.1 Å². The fourth-order valence-electron chi connectivity index (χ4n) is 3.01. The van der Waals surface area contributed by atoms with Crippen molar-refractivity contribution in [3.05, 3.63) is 35.4 Å². The van der Waals surface area contributed by atoms with Gasteiger partial charge in [-0.25, -0.2) is 9.79 Å². The number of rotatable bonds is 5. The molecule has 134 valence electrons. The van der Waals surface area contributed by atoms with E-state index in [0.717, 1.165) is 5.56 Å². The van der Waals surface area contributed by atoms with Crippen LogP contribution < -0.4 is 10.6 Å². The molecule has 0 bridgehead atoms. The molecule has 0 spiro atoms. The molecule has 2 saturated heterocycles. The molecule has 0 aromatic heterocycles. The van der Waals surface area contributed by atoms with Gasteiger partial charge in [-0.05, 0) is 12.5 Å². The lowest BCUT2D eigenvalue weighted by molar-refractivity contribution is -0.127. The number of amides is 3. The highest BCUT2D eigenvalue weighted by Gasteiger charge is 2.49. The average Bonchev–Trinajstić information content (AvgIpc) is 2.96. The number of benzene rings is 1. The number of guanidine groups is 1. The first-order valence-electron chi connectivity index (χ1n) is 8.21. The second-order valence-corrected chi connectivity index (χ2v) is 6.25. The summed E-state index contributed by atoms with van der Waals surface area (Å²) < 4.78 is 5.15. The van der Waals surface area contributed by atoms with E-state index in [1.807, 2.05) is 36.1 Å². The lowest BCUT2D eigenvalue weighted by Gasteiger charge is -2.35. The van der Waals surface area contributed by atoms with E-state index in [0.29, 0.717) is 25.7 Å². The number of nitrogens with zero attached hydrogens (tertiary/aromatic N) is 3. The number of methoxy groups -OCH3 is 1. The zero-order valence-electron chi connectivity index (χ0n) is 14.7. The molecule has 2 aliphatic heterocycles. The smallest absolute Gasteiger partial charge is 0.325 e. The molecule has 2 unspecified atom stereocenters. The summed E-state index contributed by atoms with van der Waals surface area (Å²) in [6, 6.07) is 7.21. The van der Waals surface area contributed by atoms with Crippen molar-refractivity contribution in [2.45, 2.75) is 25.7 Å². The van der Waals surface area contributed by atoms with Gasteiger partial charge in [0, 0.05) is 20.7 Å². The standard InChI is InChI=1S/C17H23N5O3/c1-11-4-6-12(7-5-11)10-18-16-19-14-13(22(16)8-9-25-3)15(23)20-17(24)21(14)2/h4-7,13-14H,8-10H2,1-3H3,(H,18,19)(H,20,23,24). The molecule has 0 saturated carbocycles.